The summed E-state index contributed by atoms with van der Waals surface area (Å²) in [6.07, 6.45) is 1.06. The molecule has 0 aliphatic carbocycles. The van der Waals surface area contributed by atoms with E-state index in [2.05, 4.69) is 5.32 Å². The number of hydrogen-bond donors (Lipinski definition) is 2. The van der Waals surface area contributed by atoms with Crippen molar-refractivity contribution in [2.24, 2.45) is 5.73 Å². The summed E-state index contributed by atoms with van der Waals surface area (Å²) in [6.45, 7) is 6.87. The average Bonchev–Trinajstić information content (AvgIpc) is 2.42. The molecule has 5 nitrogen and oxygen atoms in total. The minimum atomic E-state index is -0.124. The lowest BCUT2D eigenvalue weighted by Gasteiger charge is -2.14. The van der Waals surface area contributed by atoms with Crippen molar-refractivity contribution in [2.45, 2.75) is 39.7 Å². The molecule has 1 unspecified atom stereocenters. The SMILES string of the molecule is CCOc1ccc(OCC)c(NC(=O)CC(N)CC)c1. The predicted molar refractivity (Wildman–Crippen MR) is 80.3 cm³/mol. The van der Waals surface area contributed by atoms with E-state index in [9.17, 15) is 4.79 Å². The van der Waals surface area contributed by atoms with Gasteiger partial charge in [0.25, 0.3) is 0 Å². The van der Waals surface area contributed by atoms with Gasteiger partial charge in [0, 0.05) is 18.5 Å². The lowest BCUT2D eigenvalue weighted by atomic mass is 10.1. The van der Waals surface area contributed by atoms with Crippen LogP contribution in [0.15, 0.2) is 18.2 Å². The lowest BCUT2D eigenvalue weighted by molar-refractivity contribution is -0.116. The maximum atomic E-state index is 11.9. The van der Waals surface area contributed by atoms with Gasteiger partial charge in [0.2, 0.25) is 5.91 Å². The van der Waals surface area contributed by atoms with Crippen LogP contribution in [0.5, 0.6) is 11.5 Å². The summed E-state index contributed by atoms with van der Waals surface area (Å²) in [5.74, 6) is 1.22. The predicted octanol–water partition coefficient (Wildman–Crippen LogP) is 2.55. The topological polar surface area (TPSA) is 73.6 Å². The second-order valence-corrected chi connectivity index (χ2v) is 4.44. The van der Waals surface area contributed by atoms with Crippen LogP contribution < -0.4 is 20.5 Å². The van der Waals surface area contributed by atoms with E-state index >= 15 is 0 Å². The first-order chi connectivity index (χ1) is 9.60. The summed E-state index contributed by atoms with van der Waals surface area (Å²) in [7, 11) is 0. The highest BCUT2D eigenvalue weighted by atomic mass is 16.5. The Bertz CT molecular complexity index is 435. The second kappa shape index (κ2) is 8.43. The molecule has 5 heteroatoms. The Morgan fingerprint density at radius 1 is 1.25 bits per heavy atom. The Morgan fingerprint density at radius 3 is 2.55 bits per heavy atom. The molecular formula is C15H24N2O3. The van der Waals surface area contributed by atoms with Crippen molar-refractivity contribution in [1.29, 1.82) is 0 Å². The molecule has 0 spiro atoms. The fraction of sp³-hybridized carbons (Fsp3) is 0.533. The van der Waals surface area contributed by atoms with Gasteiger partial charge in [-0.05, 0) is 32.4 Å². The van der Waals surface area contributed by atoms with Crippen LogP contribution in [0.1, 0.15) is 33.6 Å². The van der Waals surface area contributed by atoms with Gasteiger partial charge in [-0.2, -0.15) is 0 Å². The van der Waals surface area contributed by atoms with Crippen LogP contribution in [0.25, 0.3) is 0 Å². The van der Waals surface area contributed by atoms with E-state index in [0.717, 1.165) is 6.42 Å². The molecule has 0 aliphatic rings. The number of rotatable bonds is 8. The molecule has 1 amide bonds. The minimum absolute atomic E-state index is 0.117. The lowest BCUT2D eigenvalue weighted by Crippen LogP contribution is -2.26. The Hall–Kier alpha value is -1.75. The summed E-state index contributed by atoms with van der Waals surface area (Å²) >= 11 is 0. The molecule has 1 aromatic rings. The maximum absolute atomic E-state index is 11.9. The van der Waals surface area contributed by atoms with Gasteiger partial charge in [0.15, 0.2) is 0 Å². The molecule has 0 saturated heterocycles. The number of hydrogen-bond acceptors (Lipinski definition) is 4. The summed E-state index contributed by atoms with van der Waals surface area (Å²) in [6, 6.07) is 5.26. The highest BCUT2D eigenvalue weighted by Crippen LogP contribution is 2.29. The van der Waals surface area contributed by atoms with Crippen LogP contribution in [0.3, 0.4) is 0 Å². The standard InChI is InChI=1S/C15H24N2O3/c1-4-11(16)9-15(18)17-13-10-12(19-5-2)7-8-14(13)20-6-3/h7-8,10-11H,4-6,9,16H2,1-3H3,(H,17,18). The molecule has 0 saturated carbocycles. The van der Waals surface area contributed by atoms with Crippen molar-refractivity contribution in [3.05, 3.63) is 18.2 Å². The molecule has 0 bridgehead atoms. The number of benzene rings is 1. The van der Waals surface area contributed by atoms with Gasteiger partial charge in [-0.25, -0.2) is 0 Å². The average molecular weight is 280 g/mol. The van der Waals surface area contributed by atoms with E-state index in [1.165, 1.54) is 0 Å². The Morgan fingerprint density at radius 2 is 1.95 bits per heavy atom. The van der Waals surface area contributed by atoms with Gasteiger partial charge >= 0.3 is 0 Å². The molecule has 0 fully saturated rings. The third-order valence-electron chi connectivity index (χ3n) is 2.81. The molecule has 3 N–H and O–H groups in total. The maximum Gasteiger partial charge on any atom is 0.226 e. The zero-order valence-corrected chi connectivity index (χ0v) is 12.4. The molecule has 0 aliphatic heterocycles. The highest BCUT2D eigenvalue weighted by molar-refractivity contribution is 5.92. The van der Waals surface area contributed by atoms with Gasteiger partial charge in [-0.15, -0.1) is 0 Å². The molecule has 20 heavy (non-hydrogen) atoms. The summed E-state index contributed by atoms with van der Waals surface area (Å²) in [4.78, 5) is 11.9. The Labute approximate surface area is 120 Å². The number of nitrogens with two attached hydrogens (primary N) is 1. The van der Waals surface area contributed by atoms with Crippen LogP contribution >= 0.6 is 0 Å². The van der Waals surface area contributed by atoms with Gasteiger partial charge in [0.05, 0.1) is 18.9 Å². The molecule has 0 heterocycles. The zero-order chi connectivity index (χ0) is 15.0. The first-order valence-electron chi connectivity index (χ1n) is 7.05. The largest absolute Gasteiger partial charge is 0.494 e. The van der Waals surface area contributed by atoms with Crippen LogP contribution in [-0.2, 0) is 4.79 Å². The van der Waals surface area contributed by atoms with Gasteiger partial charge < -0.3 is 20.5 Å². The van der Waals surface area contributed by atoms with Crippen molar-refractivity contribution in [3.8, 4) is 11.5 Å². The quantitative estimate of drug-likeness (QED) is 0.767. The molecule has 0 aromatic heterocycles. The van der Waals surface area contributed by atoms with Crippen LogP contribution in [-0.4, -0.2) is 25.2 Å². The van der Waals surface area contributed by atoms with E-state index in [4.69, 9.17) is 15.2 Å². The fourth-order valence-corrected chi connectivity index (χ4v) is 1.73. The van der Waals surface area contributed by atoms with E-state index in [1.807, 2.05) is 26.8 Å². The number of ether oxygens (including phenoxy) is 2. The number of carbonyl (C=O) groups excluding carboxylic acids is 1. The summed E-state index contributed by atoms with van der Waals surface area (Å²) in [5.41, 5.74) is 6.40. The second-order valence-electron chi connectivity index (χ2n) is 4.44. The van der Waals surface area contributed by atoms with Gasteiger partial charge in [-0.1, -0.05) is 6.92 Å². The molecule has 1 aromatic carbocycles. The third-order valence-corrected chi connectivity index (χ3v) is 2.81. The van der Waals surface area contributed by atoms with Crippen LogP contribution in [0.4, 0.5) is 5.69 Å². The normalized spacial score (nSPS) is 11.8. The van der Waals surface area contributed by atoms with E-state index < -0.39 is 0 Å². The molecule has 1 rings (SSSR count). The van der Waals surface area contributed by atoms with Crippen molar-refractivity contribution in [1.82, 2.24) is 0 Å². The summed E-state index contributed by atoms with van der Waals surface area (Å²) < 4.78 is 10.9. The fourth-order valence-electron chi connectivity index (χ4n) is 1.73. The number of nitrogens with one attached hydrogen (secondary N) is 1. The van der Waals surface area contributed by atoms with Crippen LogP contribution in [0.2, 0.25) is 0 Å². The van der Waals surface area contributed by atoms with Crippen molar-refractivity contribution in [3.63, 3.8) is 0 Å². The first kappa shape index (κ1) is 16.3. The molecule has 112 valence electrons. The minimum Gasteiger partial charge on any atom is -0.494 e. The van der Waals surface area contributed by atoms with E-state index in [1.54, 1.807) is 12.1 Å². The van der Waals surface area contributed by atoms with E-state index in [0.29, 0.717) is 36.8 Å². The van der Waals surface area contributed by atoms with Crippen molar-refractivity contribution < 1.29 is 14.3 Å². The van der Waals surface area contributed by atoms with Gasteiger partial charge in [-0.3, -0.25) is 4.79 Å². The zero-order valence-electron chi connectivity index (χ0n) is 12.4. The number of anilines is 1. The van der Waals surface area contributed by atoms with Crippen LogP contribution in [0, 0.1) is 0 Å². The van der Waals surface area contributed by atoms with E-state index in [-0.39, 0.29) is 11.9 Å². The van der Waals surface area contributed by atoms with Gasteiger partial charge in [0.1, 0.15) is 11.5 Å². The number of carbonyl (C=O) groups is 1. The Balaban J connectivity index is 2.83. The Kier molecular flexibility index (Phi) is 6.87. The molecule has 1 atom stereocenters. The summed E-state index contributed by atoms with van der Waals surface area (Å²) in [5, 5.41) is 2.84. The third kappa shape index (κ3) is 5.09. The highest BCUT2D eigenvalue weighted by Gasteiger charge is 2.12. The first-order valence-corrected chi connectivity index (χ1v) is 7.05. The van der Waals surface area contributed by atoms with Crippen molar-refractivity contribution >= 4 is 11.6 Å². The smallest absolute Gasteiger partial charge is 0.226 e. The molecular weight excluding hydrogens is 256 g/mol. The van der Waals surface area contributed by atoms with Crippen molar-refractivity contribution in [2.75, 3.05) is 18.5 Å². The monoisotopic (exact) mass is 280 g/mol. The molecule has 0 radical (unpaired) electrons. The number of amides is 1.